The van der Waals surface area contributed by atoms with E-state index in [1.54, 1.807) is 12.1 Å². The van der Waals surface area contributed by atoms with Gasteiger partial charge in [-0.2, -0.15) is 0 Å². The van der Waals surface area contributed by atoms with Gasteiger partial charge in [0.2, 0.25) is 0 Å². The molecule has 0 atom stereocenters. The molecule has 0 aliphatic rings. The molecule has 0 saturated carbocycles. The highest BCUT2D eigenvalue weighted by atomic mass is 16.4. The van der Waals surface area contributed by atoms with E-state index in [1.165, 1.54) is 28.6 Å². The second kappa shape index (κ2) is 10.9. The molecule has 162 valence electrons. The Hall–Kier alpha value is -3.99. The number of hydrogen-bond donors (Lipinski definition) is 1. The van der Waals surface area contributed by atoms with E-state index in [0.29, 0.717) is 17.4 Å². The Morgan fingerprint density at radius 1 is 0.969 bits per heavy atom. The van der Waals surface area contributed by atoms with Crippen LogP contribution in [0.3, 0.4) is 0 Å². The molecule has 4 rings (SSSR count). The minimum atomic E-state index is -0.973. The van der Waals surface area contributed by atoms with Crippen LogP contribution in [-0.2, 0) is 13.0 Å². The monoisotopic (exact) mass is 426 g/mol. The van der Waals surface area contributed by atoms with Gasteiger partial charge in [0, 0.05) is 0 Å². The number of carboxylic acid groups (broad SMARTS) is 1. The summed E-state index contributed by atoms with van der Waals surface area (Å²) in [6.45, 7) is 4.33. The Morgan fingerprint density at radius 3 is 2.38 bits per heavy atom. The van der Waals surface area contributed by atoms with Crippen molar-refractivity contribution in [2.75, 3.05) is 0 Å². The predicted molar refractivity (Wildman–Crippen MR) is 129 cm³/mol. The van der Waals surface area contributed by atoms with Crippen molar-refractivity contribution in [3.05, 3.63) is 118 Å². The number of allylic oxidation sites excluding steroid dienone is 1. The smallest absolute Gasteiger partial charge is 0.335 e. The third-order valence-corrected chi connectivity index (χ3v) is 4.91. The minimum Gasteiger partial charge on any atom is -0.478 e. The highest BCUT2D eigenvalue weighted by molar-refractivity contribution is 5.87. The zero-order valence-electron chi connectivity index (χ0n) is 18.2. The van der Waals surface area contributed by atoms with Crippen LogP contribution in [0.25, 0.3) is 17.0 Å². The highest BCUT2D eigenvalue weighted by Gasteiger charge is 2.07. The summed E-state index contributed by atoms with van der Waals surface area (Å²) in [5.74, 6) is -0.973. The number of fused-ring (bicyclic) bond motifs is 1. The molecule has 1 heterocycles. The third kappa shape index (κ3) is 5.58. The van der Waals surface area contributed by atoms with Crippen molar-refractivity contribution in [1.29, 1.82) is 0 Å². The molecule has 1 N–H and O–H groups in total. The minimum absolute atomic E-state index is 0.124. The van der Waals surface area contributed by atoms with E-state index in [1.807, 2.05) is 56.3 Å². The number of carbonyl (C=O) groups is 1. The first-order chi connectivity index (χ1) is 15.6. The van der Waals surface area contributed by atoms with Crippen LogP contribution in [0.1, 0.15) is 40.9 Å². The number of aromatic carboxylic acids is 1. The molecule has 0 unspecified atom stereocenters. The van der Waals surface area contributed by atoms with Gasteiger partial charge in [-0.3, -0.25) is 9.36 Å². The van der Waals surface area contributed by atoms with Crippen molar-refractivity contribution in [3.63, 3.8) is 0 Å². The summed E-state index contributed by atoms with van der Waals surface area (Å²) >= 11 is 0. The van der Waals surface area contributed by atoms with Gasteiger partial charge >= 0.3 is 5.97 Å². The number of aromatic nitrogens is 2. The maximum Gasteiger partial charge on any atom is 0.335 e. The highest BCUT2D eigenvalue weighted by Crippen LogP contribution is 2.13. The summed E-state index contributed by atoms with van der Waals surface area (Å²) < 4.78 is 1.54. The fourth-order valence-electron chi connectivity index (χ4n) is 3.29. The number of hydrogen-bond acceptors (Lipinski definition) is 3. The SMILES string of the molecule is CC.O=C(O)c1ccc(Cn2cnc3ccc(C=CCc4ccccc4)cc3c2=O)cc1. The Balaban J connectivity index is 0.00000141. The van der Waals surface area contributed by atoms with Crippen molar-refractivity contribution in [3.8, 4) is 0 Å². The number of nitrogens with zero attached hydrogens (tertiary/aromatic N) is 2. The van der Waals surface area contributed by atoms with Crippen molar-refractivity contribution in [1.82, 2.24) is 9.55 Å². The first-order valence-corrected chi connectivity index (χ1v) is 10.6. The molecule has 3 aromatic carbocycles. The summed E-state index contributed by atoms with van der Waals surface area (Å²) in [7, 11) is 0. The average Bonchev–Trinajstić information content (AvgIpc) is 2.83. The van der Waals surface area contributed by atoms with E-state index >= 15 is 0 Å². The molecule has 4 aromatic rings. The summed E-state index contributed by atoms with van der Waals surface area (Å²) in [4.78, 5) is 28.3. The Morgan fingerprint density at radius 2 is 1.69 bits per heavy atom. The fraction of sp³-hybridized carbons (Fsp3) is 0.148. The molecular weight excluding hydrogens is 400 g/mol. The summed E-state index contributed by atoms with van der Waals surface area (Å²) in [5, 5.41) is 9.57. The molecule has 0 saturated heterocycles. The standard InChI is InChI=1S/C25H20N2O3.C2H6/c28-24-22-15-19(8-4-7-18-5-2-1-3-6-18)11-14-23(22)26-17-27(24)16-20-9-12-21(13-10-20)25(29)30;1-2/h1-6,8-15,17H,7,16H2,(H,29,30);1-2H3. The van der Waals surface area contributed by atoms with E-state index in [9.17, 15) is 9.59 Å². The van der Waals surface area contributed by atoms with Crippen LogP contribution in [0, 0.1) is 0 Å². The molecule has 0 amide bonds. The average molecular weight is 427 g/mol. The van der Waals surface area contributed by atoms with Crippen LogP contribution >= 0.6 is 0 Å². The molecule has 0 fully saturated rings. The van der Waals surface area contributed by atoms with E-state index in [2.05, 4.69) is 23.2 Å². The van der Waals surface area contributed by atoms with Gasteiger partial charge in [0.05, 0.1) is 29.3 Å². The van der Waals surface area contributed by atoms with Gasteiger partial charge in [0.1, 0.15) is 0 Å². The predicted octanol–water partition coefficient (Wildman–Crippen LogP) is 5.43. The van der Waals surface area contributed by atoms with Crippen LogP contribution in [0.4, 0.5) is 0 Å². The Bertz CT molecular complexity index is 1270. The van der Waals surface area contributed by atoms with Crippen molar-refractivity contribution < 1.29 is 9.90 Å². The zero-order chi connectivity index (χ0) is 22.9. The molecule has 1 aromatic heterocycles. The third-order valence-electron chi connectivity index (χ3n) is 4.91. The molecule has 0 radical (unpaired) electrons. The summed E-state index contributed by atoms with van der Waals surface area (Å²) in [5.41, 5.74) is 3.75. The van der Waals surface area contributed by atoms with E-state index in [4.69, 9.17) is 5.11 Å². The molecule has 0 bridgehead atoms. The van der Waals surface area contributed by atoms with Gasteiger partial charge < -0.3 is 5.11 Å². The number of carboxylic acids is 1. The van der Waals surface area contributed by atoms with Crippen LogP contribution in [-0.4, -0.2) is 20.6 Å². The lowest BCUT2D eigenvalue weighted by Gasteiger charge is -2.08. The topological polar surface area (TPSA) is 72.2 Å². The lowest BCUT2D eigenvalue weighted by Crippen LogP contribution is -2.21. The molecule has 0 aliphatic heterocycles. The van der Waals surface area contributed by atoms with Gasteiger partial charge in [-0.25, -0.2) is 9.78 Å². The zero-order valence-corrected chi connectivity index (χ0v) is 18.2. The molecule has 32 heavy (non-hydrogen) atoms. The summed E-state index contributed by atoms with van der Waals surface area (Å²) in [6.07, 6.45) is 6.44. The molecule has 5 nitrogen and oxygen atoms in total. The lowest BCUT2D eigenvalue weighted by molar-refractivity contribution is 0.0697. The maximum absolute atomic E-state index is 13.0. The largest absolute Gasteiger partial charge is 0.478 e. The van der Waals surface area contributed by atoms with Crippen molar-refractivity contribution in [2.45, 2.75) is 26.8 Å². The summed E-state index contributed by atoms with van der Waals surface area (Å²) in [6, 6.07) is 22.3. The van der Waals surface area contributed by atoms with Crippen molar-refractivity contribution in [2.24, 2.45) is 0 Å². The second-order valence-corrected chi connectivity index (χ2v) is 7.05. The van der Waals surface area contributed by atoms with Crippen LogP contribution in [0.2, 0.25) is 0 Å². The quantitative estimate of drug-likeness (QED) is 0.446. The van der Waals surface area contributed by atoms with Gasteiger partial charge in [-0.15, -0.1) is 0 Å². The molecule has 5 heteroatoms. The van der Waals surface area contributed by atoms with Gasteiger partial charge in [-0.1, -0.05) is 74.5 Å². The van der Waals surface area contributed by atoms with E-state index in [-0.39, 0.29) is 11.1 Å². The van der Waals surface area contributed by atoms with Crippen LogP contribution in [0.5, 0.6) is 0 Å². The molecular formula is C27H26N2O3. The maximum atomic E-state index is 13.0. The number of benzene rings is 3. The molecule has 0 aliphatic carbocycles. The van der Waals surface area contributed by atoms with E-state index in [0.717, 1.165) is 17.5 Å². The van der Waals surface area contributed by atoms with Crippen LogP contribution < -0.4 is 5.56 Å². The van der Waals surface area contributed by atoms with Crippen molar-refractivity contribution >= 4 is 22.9 Å². The van der Waals surface area contributed by atoms with Gasteiger partial charge in [0.25, 0.3) is 5.56 Å². The Labute approximate surface area is 187 Å². The first kappa shape index (κ1) is 22.7. The number of rotatable bonds is 6. The second-order valence-electron chi connectivity index (χ2n) is 7.05. The van der Waals surface area contributed by atoms with Gasteiger partial charge in [0.15, 0.2) is 0 Å². The van der Waals surface area contributed by atoms with Gasteiger partial charge in [-0.05, 0) is 47.4 Å². The lowest BCUT2D eigenvalue weighted by atomic mass is 10.1. The van der Waals surface area contributed by atoms with E-state index < -0.39 is 5.97 Å². The first-order valence-electron chi connectivity index (χ1n) is 10.6. The normalized spacial score (nSPS) is 10.7. The van der Waals surface area contributed by atoms with Crippen LogP contribution in [0.15, 0.2) is 90.0 Å². The molecule has 0 spiro atoms. The fourth-order valence-corrected chi connectivity index (χ4v) is 3.29. The Kier molecular flexibility index (Phi) is 7.70.